The molecule has 1 amide bonds. The fourth-order valence-electron chi connectivity index (χ4n) is 1.76. The second kappa shape index (κ2) is 7.83. The summed E-state index contributed by atoms with van der Waals surface area (Å²) in [5, 5.41) is 3.92. The molecule has 0 bridgehead atoms. The third-order valence-electron chi connectivity index (χ3n) is 3.01. The van der Waals surface area contributed by atoms with Crippen molar-refractivity contribution in [2.75, 3.05) is 13.7 Å². The summed E-state index contributed by atoms with van der Waals surface area (Å²) in [4.78, 5) is 11.6. The molecule has 5 nitrogen and oxygen atoms in total. The predicted octanol–water partition coefficient (Wildman–Crippen LogP) is 2.53. The molecule has 0 saturated heterocycles. The number of benzene rings is 2. The lowest BCUT2D eigenvalue weighted by Gasteiger charge is -2.06. The highest BCUT2D eigenvalue weighted by Crippen LogP contribution is 2.16. The fraction of sp³-hybridized carbons (Fsp3) is 0.176. The van der Waals surface area contributed by atoms with Gasteiger partial charge in [0.05, 0.1) is 13.3 Å². The number of nitrogens with zero attached hydrogens (tertiary/aromatic N) is 1. The van der Waals surface area contributed by atoms with Gasteiger partial charge in [0, 0.05) is 0 Å². The van der Waals surface area contributed by atoms with Gasteiger partial charge in [0.25, 0.3) is 5.91 Å². The molecule has 0 aromatic heterocycles. The van der Waals surface area contributed by atoms with E-state index in [1.165, 1.54) is 0 Å². The summed E-state index contributed by atoms with van der Waals surface area (Å²) in [6, 6.07) is 14.8. The van der Waals surface area contributed by atoms with Gasteiger partial charge in [-0.1, -0.05) is 24.3 Å². The van der Waals surface area contributed by atoms with E-state index in [9.17, 15) is 4.79 Å². The van der Waals surface area contributed by atoms with Crippen LogP contribution in [-0.4, -0.2) is 25.8 Å². The number of carbonyl (C=O) groups excluding carboxylic acids is 1. The highest BCUT2D eigenvalue weighted by atomic mass is 16.5. The molecular weight excluding hydrogens is 280 g/mol. The van der Waals surface area contributed by atoms with Gasteiger partial charge in [0.1, 0.15) is 11.5 Å². The second-order valence-electron chi connectivity index (χ2n) is 4.61. The fourth-order valence-corrected chi connectivity index (χ4v) is 1.76. The van der Waals surface area contributed by atoms with E-state index in [1.54, 1.807) is 37.6 Å². The maximum absolute atomic E-state index is 11.6. The number of carbonyl (C=O) groups is 1. The van der Waals surface area contributed by atoms with E-state index in [-0.39, 0.29) is 12.5 Å². The Hall–Kier alpha value is -2.82. The molecule has 22 heavy (non-hydrogen) atoms. The third-order valence-corrected chi connectivity index (χ3v) is 3.01. The first-order valence-corrected chi connectivity index (χ1v) is 6.83. The molecule has 0 atom stereocenters. The third kappa shape index (κ3) is 4.63. The zero-order chi connectivity index (χ0) is 15.8. The summed E-state index contributed by atoms with van der Waals surface area (Å²) in [6.45, 7) is 1.88. The Morgan fingerprint density at radius 1 is 1.14 bits per heavy atom. The quantitative estimate of drug-likeness (QED) is 0.658. The normalized spacial score (nSPS) is 10.5. The van der Waals surface area contributed by atoms with Gasteiger partial charge in [-0.3, -0.25) is 4.79 Å². The number of amides is 1. The Balaban J connectivity index is 1.79. The summed E-state index contributed by atoms with van der Waals surface area (Å²) in [6.07, 6.45) is 1.61. The minimum atomic E-state index is -0.319. The Bertz CT molecular complexity index is 651. The molecule has 0 unspecified atom stereocenters. The van der Waals surface area contributed by atoms with Crippen LogP contribution in [0.25, 0.3) is 0 Å². The first kappa shape index (κ1) is 15.6. The van der Waals surface area contributed by atoms with Gasteiger partial charge in [0.15, 0.2) is 6.61 Å². The van der Waals surface area contributed by atoms with E-state index in [2.05, 4.69) is 10.5 Å². The van der Waals surface area contributed by atoms with Gasteiger partial charge in [-0.15, -0.1) is 0 Å². The van der Waals surface area contributed by atoms with Crippen molar-refractivity contribution in [3.05, 3.63) is 59.7 Å². The van der Waals surface area contributed by atoms with Gasteiger partial charge < -0.3 is 9.47 Å². The van der Waals surface area contributed by atoms with Crippen LogP contribution < -0.4 is 14.9 Å². The maximum atomic E-state index is 11.6. The predicted molar refractivity (Wildman–Crippen MR) is 85.4 cm³/mol. The van der Waals surface area contributed by atoms with Crippen LogP contribution in [0.1, 0.15) is 11.1 Å². The number of methoxy groups -OCH3 is 1. The molecule has 2 aromatic rings. The minimum Gasteiger partial charge on any atom is -0.497 e. The zero-order valence-corrected chi connectivity index (χ0v) is 12.6. The van der Waals surface area contributed by atoms with Crippen molar-refractivity contribution in [3.63, 3.8) is 0 Å². The van der Waals surface area contributed by atoms with E-state index in [0.717, 1.165) is 16.9 Å². The number of nitrogens with one attached hydrogen (secondary N) is 1. The number of ether oxygens (including phenoxy) is 2. The molecule has 0 aliphatic rings. The molecule has 0 radical (unpaired) electrons. The molecule has 0 spiro atoms. The van der Waals surface area contributed by atoms with Gasteiger partial charge >= 0.3 is 0 Å². The highest BCUT2D eigenvalue weighted by molar-refractivity contribution is 5.84. The van der Waals surface area contributed by atoms with Crippen LogP contribution in [0.3, 0.4) is 0 Å². The molecule has 0 aliphatic carbocycles. The van der Waals surface area contributed by atoms with Crippen molar-refractivity contribution in [2.24, 2.45) is 5.10 Å². The molecule has 0 heterocycles. The number of hydrazone groups is 1. The molecule has 1 N–H and O–H groups in total. The zero-order valence-electron chi connectivity index (χ0n) is 12.6. The van der Waals surface area contributed by atoms with Crippen LogP contribution in [0.15, 0.2) is 53.6 Å². The smallest absolute Gasteiger partial charge is 0.277 e. The lowest BCUT2D eigenvalue weighted by Crippen LogP contribution is -2.24. The van der Waals surface area contributed by atoms with Crippen LogP contribution >= 0.6 is 0 Å². The number of aryl methyl sites for hydroxylation is 1. The average molecular weight is 298 g/mol. The van der Waals surface area contributed by atoms with E-state index in [1.807, 2.05) is 31.2 Å². The summed E-state index contributed by atoms with van der Waals surface area (Å²) >= 11 is 0. The van der Waals surface area contributed by atoms with E-state index in [4.69, 9.17) is 9.47 Å². The molecule has 114 valence electrons. The van der Waals surface area contributed by atoms with Crippen LogP contribution in [0.5, 0.6) is 11.5 Å². The average Bonchev–Trinajstić information content (AvgIpc) is 2.55. The number of hydrogen-bond acceptors (Lipinski definition) is 4. The Kier molecular flexibility index (Phi) is 5.54. The monoisotopic (exact) mass is 298 g/mol. The van der Waals surface area contributed by atoms with Crippen LogP contribution in [0.2, 0.25) is 0 Å². The first-order chi connectivity index (χ1) is 10.7. The van der Waals surface area contributed by atoms with Crippen molar-refractivity contribution in [1.82, 2.24) is 5.43 Å². The lowest BCUT2D eigenvalue weighted by molar-refractivity contribution is -0.123. The van der Waals surface area contributed by atoms with E-state index in [0.29, 0.717) is 5.75 Å². The molecule has 0 aliphatic heterocycles. The van der Waals surface area contributed by atoms with E-state index < -0.39 is 0 Å². The lowest BCUT2D eigenvalue weighted by atomic mass is 10.1. The van der Waals surface area contributed by atoms with E-state index >= 15 is 0 Å². The Morgan fingerprint density at radius 2 is 1.82 bits per heavy atom. The van der Waals surface area contributed by atoms with Gasteiger partial charge in [-0.05, 0) is 42.3 Å². The topological polar surface area (TPSA) is 59.9 Å². The van der Waals surface area contributed by atoms with Crippen LogP contribution in [0, 0.1) is 6.92 Å². The summed E-state index contributed by atoms with van der Waals surface area (Å²) in [5.74, 6) is 1.01. The summed E-state index contributed by atoms with van der Waals surface area (Å²) in [5.41, 5.74) is 4.48. The maximum Gasteiger partial charge on any atom is 0.277 e. The standard InChI is InChI=1S/C17H18N2O3/c1-13-5-3-4-6-14(13)11-18-19-17(20)12-22-16-9-7-15(21-2)8-10-16/h3-11H,12H2,1-2H3,(H,19,20)/b18-11-. The molecule has 2 aromatic carbocycles. The molecule has 0 fully saturated rings. The summed E-state index contributed by atoms with van der Waals surface area (Å²) < 4.78 is 10.4. The Morgan fingerprint density at radius 3 is 2.50 bits per heavy atom. The number of rotatable bonds is 6. The first-order valence-electron chi connectivity index (χ1n) is 6.83. The van der Waals surface area contributed by atoms with Crippen molar-refractivity contribution < 1.29 is 14.3 Å². The van der Waals surface area contributed by atoms with Gasteiger partial charge in [-0.2, -0.15) is 5.10 Å². The molecular formula is C17H18N2O3. The summed E-state index contributed by atoms with van der Waals surface area (Å²) in [7, 11) is 1.59. The molecule has 0 saturated carbocycles. The van der Waals surface area contributed by atoms with Crippen LogP contribution in [-0.2, 0) is 4.79 Å². The van der Waals surface area contributed by atoms with Crippen molar-refractivity contribution in [1.29, 1.82) is 0 Å². The molecule has 2 rings (SSSR count). The molecule has 5 heteroatoms. The number of hydrogen-bond donors (Lipinski definition) is 1. The van der Waals surface area contributed by atoms with Crippen molar-refractivity contribution in [2.45, 2.75) is 6.92 Å². The largest absolute Gasteiger partial charge is 0.497 e. The van der Waals surface area contributed by atoms with Crippen molar-refractivity contribution in [3.8, 4) is 11.5 Å². The minimum absolute atomic E-state index is 0.0998. The van der Waals surface area contributed by atoms with Crippen molar-refractivity contribution >= 4 is 12.1 Å². The van der Waals surface area contributed by atoms with Gasteiger partial charge in [0.2, 0.25) is 0 Å². The second-order valence-corrected chi connectivity index (χ2v) is 4.61. The van der Waals surface area contributed by atoms with Gasteiger partial charge in [-0.25, -0.2) is 5.43 Å². The Labute approximate surface area is 129 Å². The van der Waals surface area contributed by atoms with Crippen LogP contribution in [0.4, 0.5) is 0 Å². The SMILES string of the molecule is COc1ccc(OCC(=O)N/N=C\c2ccccc2C)cc1. The highest BCUT2D eigenvalue weighted by Gasteiger charge is 2.01.